The summed E-state index contributed by atoms with van der Waals surface area (Å²) in [4.78, 5) is 16.3. The van der Waals surface area contributed by atoms with Gasteiger partial charge in [0.15, 0.2) is 11.5 Å². The van der Waals surface area contributed by atoms with Crippen LogP contribution in [0.25, 0.3) is 0 Å². The summed E-state index contributed by atoms with van der Waals surface area (Å²) < 4.78 is 16.3. The van der Waals surface area contributed by atoms with Gasteiger partial charge in [0.2, 0.25) is 12.7 Å². The fourth-order valence-corrected chi connectivity index (χ4v) is 3.86. The third-order valence-electron chi connectivity index (χ3n) is 5.46. The molecule has 2 saturated heterocycles. The SMILES string of the molecule is c1cc(N2CCN(Cc3ccc4c(c3)OCO4)CC2)nc(N2CCOCC2)n1. The van der Waals surface area contributed by atoms with E-state index in [0.29, 0.717) is 6.79 Å². The summed E-state index contributed by atoms with van der Waals surface area (Å²) in [6, 6.07) is 8.23. The zero-order chi connectivity index (χ0) is 18.8. The fourth-order valence-electron chi connectivity index (χ4n) is 3.86. The van der Waals surface area contributed by atoms with Crippen molar-refractivity contribution in [2.24, 2.45) is 0 Å². The zero-order valence-electron chi connectivity index (χ0n) is 15.9. The van der Waals surface area contributed by atoms with Crippen LogP contribution in [0.4, 0.5) is 11.8 Å². The molecule has 8 nitrogen and oxygen atoms in total. The van der Waals surface area contributed by atoms with E-state index >= 15 is 0 Å². The van der Waals surface area contributed by atoms with Crippen molar-refractivity contribution in [3.8, 4) is 11.5 Å². The molecule has 0 unspecified atom stereocenters. The molecule has 5 rings (SSSR count). The van der Waals surface area contributed by atoms with Crippen molar-refractivity contribution in [1.29, 1.82) is 0 Å². The smallest absolute Gasteiger partial charge is 0.231 e. The molecule has 0 aliphatic carbocycles. The topological polar surface area (TPSA) is 63.2 Å². The van der Waals surface area contributed by atoms with Gasteiger partial charge in [-0.2, -0.15) is 4.98 Å². The van der Waals surface area contributed by atoms with Crippen LogP contribution in [0.3, 0.4) is 0 Å². The summed E-state index contributed by atoms with van der Waals surface area (Å²) in [5, 5.41) is 0. The summed E-state index contributed by atoms with van der Waals surface area (Å²) >= 11 is 0. The average molecular weight is 383 g/mol. The molecule has 3 aliphatic rings. The van der Waals surface area contributed by atoms with E-state index in [9.17, 15) is 0 Å². The van der Waals surface area contributed by atoms with E-state index in [4.69, 9.17) is 19.2 Å². The predicted octanol–water partition coefficient (Wildman–Crippen LogP) is 1.36. The molecule has 28 heavy (non-hydrogen) atoms. The molecule has 2 fully saturated rings. The van der Waals surface area contributed by atoms with Gasteiger partial charge in [0.25, 0.3) is 0 Å². The van der Waals surface area contributed by atoms with Crippen molar-refractivity contribution >= 4 is 11.8 Å². The molecule has 0 spiro atoms. The lowest BCUT2D eigenvalue weighted by Crippen LogP contribution is -2.46. The number of morpholine rings is 1. The minimum absolute atomic E-state index is 0.322. The first-order valence-electron chi connectivity index (χ1n) is 9.87. The first kappa shape index (κ1) is 17.5. The molecule has 0 radical (unpaired) electrons. The molecule has 0 atom stereocenters. The lowest BCUT2D eigenvalue weighted by molar-refractivity contribution is 0.122. The van der Waals surface area contributed by atoms with Crippen molar-refractivity contribution in [1.82, 2.24) is 14.9 Å². The van der Waals surface area contributed by atoms with Gasteiger partial charge in [-0.25, -0.2) is 4.98 Å². The number of nitrogens with zero attached hydrogens (tertiary/aromatic N) is 5. The maximum atomic E-state index is 5.49. The van der Waals surface area contributed by atoms with E-state index in [1.807, 2.05) is 18.3 Å². The summed E-state index contributed by atoms with van der Waals surface area (Å²) in [5.41, 5.74) is 1.26. The van der Waals surface area contributed by atoms with Crippen LogP contribution in [0.1, 0.15) is 5.56 Å². The van der Waals surface area contributed by atoms with Gasteiger partial charge in [-0.1, -0.05) is 6.07 Å². The molecular formula is C20H25N5O3. The van der Waals surface area contributed by atoms with E-state index < -0.39 is 0 Å². The fraction of sp³-hybridized carbons (Fsp3) is 0.500. The standard InChI is InChI=1S/C20H25N5O3/c1-2-17-18(28-15-27-17)13-16(1)14-23-5-7-24(8-6-23)19-3-4-21-20(22-19)25-9-11-26-12-10-25/h1-4,13H,5-12,14-15H2. The third-order valence-corrected chi connectivity index (χ3v) is 5.46. The van der Waals surface area contributed by atoms with Gasteiger partial charge in [-0.3, -0.25) is 4.90 Å². The molecule has 0 amide bonds. The van der Waals surface area contributed by atoms with Gasteiger partial charge >= 0.3 is 0 Å². The third kappa shape index (κ3) is 3.70. The molecule has 8 heteroatoms. The molecule has 3 aliphatic heterocycles. The molecule has 0 saturated carbocycles. The second-order valence-electron chi connectivity index (χ2n) is 7.27. The molecule has 2 aromatic rings. The molecule has 4 heterocycles. The Balaban J connectivity index is 1.19. The van der Waals surface area contributed by atoms with Crippen LogP contribution < -0.4 is 19.3 Å². The Kier molecular flexibility index (Phi) is 4.88. The van der Waals surface area contributed by atoms with Crippen LogP contribution in [0, 0.1) is 0 Å². The van der Waals surface area contributed by atoms with Crippen molar-refractivity contribution in [2.75, 3.05) is 69.1 Å². The molecule has 1 aromatic heterocycles. The normalized spacial score (nSPS) is 19.9. The Morgan fingerprint density at radius 2 is 1.68 bits per heavy atom. The summed E-state index contributed by atoms with van der Waals surface area (Å²) in [5.74, 6) is 3.52. The van der Waals surface area contributed by atoms with Gasteiger partial charge in [0.05, 0.1) is 13.2 Å². The number of hydrogen-bond acceptors (Lipinski definition) is 8. The van der Waals surface area contributed by atoms with Crippen LogP contribution in [0.15, 0.2) is 30.5 Å². The Morgan fingerprint density at radius 1 is 0.857 bits per heavy atom. The summed E-state index contributed by atoms with van der Waals surface area (Å²) in [7, 11) is 0. The quantitative estimate of drug-likeness (QED) is 0.784. The van der Waals surface area contributed by atoms with Gasteiger partial charge in [0.1, 0.15) is 5.82 Å². The minimum Gasteiger partial charge on any atom is -0.454 e. The Hall–Kier alpha value is -2.58. The number of fused-ring (bicyclic) bond motifs is 1. The Labute approximate surface area is 164 Å². The average Bonchev–Trinajstić information content (AvgIpc) is 3.23. The van der Waals surface area contributed by atoms with Crippen LogP contribution in [-0.4, -0.2) is 74.1 Å². The van der Waals surface area contributed by atoms with Crippen molar-refractivity contribution in [2.45, 2.75) is 6.54 Å². The monoisotopic (exact) mass is 383 g/mol. The van der Waals surface area contributed by atoms with E-state index in [-0.39, 0.29) is 0 Å². The summed E-state index contributed by atoms with van der Waals surface area (Å²) in [6.07, 6.45) is 1.87. The first-order valence-corrected chi connectivity index (χ1v) is 9.87. The van der Waals surface area contributed by atoms with Crippen molar-refractivity contribution in [3.63, 3.8) is 0 Å². The zero-order valence-corrected chi connectivity index (χ0v) is 15.9. The minimum atomic E-state index is 0.322. The molecule has 148 valence electrons. The van der Waals surface area contributed by atoms with Crippen LogP contribution in [0.5, 0.6) is 11.5 Å². The van der Waals surface area contributed by atoms with Crippen LogP contribution in [-0.2, 0) is 11.3 Å². The number of benzene rings is 1. The van der Waals surface area contributed by atoms with Gasteiger partial charge in [-0.15, -0.1) is 0 Å². The highest BCUT2D eigenvalue weighted by atomic mass is 16.7. The lowest BCUT2D eigenvalue weighted by Gasteiger charge is -2.36. The number of ether oxygens (including phenoxy) is 3. The number of anilines is 2. The number of piperazine rings is 1. The van der Waals surface area contributed by atoms with E-state index in [1.165, 1.54) is 5.56 Å². The second-order valence-corrected chi connectivity index (χ2v) is 7.27. The maximum Gasteiger partial charge on any atom is 0.231 e. The number of rotatable bonds is 4. The molecule has 0 N–H and O–H groups in total. The van der Waals surface area contributed by atoms with Crippen molar-refractivity contribution < 1.29 is 14.2 Å². The highest BCUT2D eigenvalue weighted by Crippen LogP contribution is 2.33. The second kappa shape index (κ2) is 7.81. The van der Waals surface area contributed by atoms with E-state index in [0.717, 1.165) is 82.3 Å². The van der Waals surface area contributed by atoms with Crippen LogP contribution >= 0.6 is 0 Å². The highest BCUT2D eigenvalue weighted by molar-refractivity contribution is 5.45. The highest BCUT2D eigenvalue weighted by Gasteiger charge is 2.21. The van der Waals surface area contributed by atoms with E-state index in [1.54, 1.807) is 0 Å². The predicted molar refractivity (Wildman–Crippen MR) is 105 cm³/mol. The van der Waals surface area contributed by atoms with Crippen molar-refractivity contribution in [3.05, 3.63) is 36.0 Å². The lowest BCUT2D eigenvalue weighted by atomic mass is 10.1. The van der Waals surface area contributed by atoms with Gasteiger partial charge < -0.3 is 24.0 Å². The Bertz CT molecular complexity index is 819. The van der Waals surface area contributed by atoms with E-state index in [2.05, 4.69) is 31.8 Å². The largest absolute Gasteiger partial charge is 0.454 e. The first-order chi connectivity index (χ1) is 13.8. The molecular weight excluding hydrogens is 358 g/mol. The number of aromatic nitrogens is 2. The number of hydrogen-bond donors (Lipinski definition) is 0. The van der Waals surface area contributed by atoms with Gasteiger partial charge in [0, 0.05) is 52.0 Å². The maximum absolute atomic E-state index is 5.49. The summed E-state index contributed by atoms with van der Waals surface area (Å²) in [6.45, 7) is 8.37. The van der Waals surface area contributed by atoms with Crippen LogP contribution in [0.2, 0.25) is 0 Å². The Morgan fingerprint density at radius 3 is 2.54 bits per heavy atom. The molecule has 0 bridgehead atoms. The van der Waals surface area contributed by atoms with Gasteiger partial charge in [-0.05, 0) is 23.8 Å². The molecule has 1 aromatic carbocycles.